The van der Waals surface area contributed by atoms with E-state index in [1.807, 2.05) is 20.8 Å². The van der Waals surface area contributed by atoms with Crippen LogP contribution in [0, 0.1) is 5.92 Å². The fourth-order valence-corrected chi connectivity index (χ4v) is 1.35. The van der Waals surface area contributed by atoms with E-state index in [4.69, 9.17) is 0 Å². The molecule has 13 heavy (non-hydrogen) atoms. The molecule has 0 atom stereocenters. The van der Waals surface area contributed by atoms with Gasteiger partial charge in [0.05, 0.1) is 0 Å². The lowest BCUT2D eigenvalue weighted by Gasteiger charge is -2.13. The number of carbonyl (C=O) groups is 2. The van der Waals surface area contributed by atoms with Crippen molar-refractivity contribution in [1.82, 2.24) is 0 Å². The molecule has 0 unspecified atom stereocenters. The monoisotopic (exact) mass is 178 g/mol. The lowest BCUT2D eigenvalue weighted by molar-refractivity contribution is -0.115. The standard InChI is InChI=1S/C11H14O2/c1-4-8-5-11(13)9(7(2)3)6-10(8)12/h5-7H,4H2,1-3H3. The molecule has 0 saturated carbocycles. The minimum Gasteiger partial charge on any atom is -0.290 e. The van der Waals surface area contributed by atoms with E-state index < -0.39 is 0 Å². The molecule has 0 amide bonds. The summed E-state index contributed by atoms with van der Waals surface area (Å²) in [5.74, 6) is 0.114. The van der Waals surface area contributed by atoms with Crippen LogP contribution in [0.15, 0.2) is 23.3 Å². The van der Waals surface area contributed by atoms with Gasteiger partial charge in [-0.3, -0.25) is 9.59 Å². The first-order chi connectivity index (χ1) is 6.06. The van der Waals surface area contributed by atoms with Crippen molar-refractivity contribution in [2.24, 2.45) is 5.92 Å². The number of hydrogen-bond donors (Lipinski definition) is 0. The first-order valence-electron chi connectivity index (χ1n) is 4.57. The molecule has 0 N–H and O–H groups in total. The van der Waals surface area contributed by atoms with Gasteiger partial charge in [0.2, 0.25) is 0 Å². The van der Waals surface area contributed by atoms with Crippen LogP contribution in [0.4, 0.5) is 0 Å². The molecule has 0 aliphatic heterocycles. The zero-order valence-corrected chi connectivity index (χ0v) is 8.26. The van der Waals surface area contributed by atoms with Gasteiger partial charge >= 0.3 is 0 Å². The van der Waals surface area contributed by atoms with Crippen LogP contribution in [0.1, 0.15) is 27.2 Å². The van der Waals surface area contributed by atoms with E-state index in [1.54, 1.807) is 0 Å². The molecule has 0 radical (unpaired) electrons. The van der Waals surface area contributed by atoms with Crippen LogP contribution in [0.3, 0.4) is 0 Å². The van der Waals surface area contributed by atoms with Crippen LogP contribution < -0.4 is 0 Å². The molecule has 0 bridgehead atoms. The average molecular weight is 178 g/mol. The summed E-state index contributed by atoms with van der Waals surface area (Å²) in [5.41, 5.74) is 1.25. The second-order valence-corrected chi connectivity index (χ2v) is 3.51. The van der Waals surface area contributed by atoms with Gasteiger partial charge in [-0.05, 0) is 24.5 Å². The van der Waals surface area contributed by atoms with Gasteiger partial charge in [0.15, 0.2) is 11.6 Å². The third-order valence-corrected chi connectivity index (χ3v) is 2.20. The summed E-state index contributed by atoms with van der Waals surface area (Å²) in [6, 6.07) is 0. The summed E-state index contributed by atoms with van der Waals surface area (Å²) >= 11 is 0. The Morgan fingerprint density at radius 2 is 1.77 bits per heavy atom. The van der Waals surface area contributed by atoms with Crippen molar-refractivity contribution in [3.63, 3.8) is 0 Å². The average Bonchev–Trinajstić information content (AvgIpc) is 2.07. The molecular weight excluding hydrogens is 164 g/mol. The SMILES string of the molecule is CCC1=CC(=O)C(C(C)C)=CC1=O. The summed E-state index contributed by atoms with van der Waals surface area (Å²) in [5, 5.41) is 0. The largest absolute Gasteiger partial charge is 0.290 e. The molecule has 0 heterocycles. The zero-order chi connectivity index (χ0) is 10.0. The van der Waals surface area contributed by atoms with Crippen LogP contribution in [0.5, 0.6) is 0 Å². The molecule has 1 aliphatic rings. The van der Waals surface area contributed by atoms with Crippen molar-refractivity contribution in [3.05, 3.63) is 23.3 Å². The molecule has 0 aromatic heterocycles. The topological polar surface area (TPSA) is 34.1 Å². The highest BCUT2D eigenvalue weighted by molar-refractivity contribution is 6.20. The highest BCUT2D eigenvalue weighted by Gasteiger charge is 2.20. The Morgan fingerprint density at radius 3 is 2.23 bits per heavy atom. The van der Waals surface area contributed by atoms with Crippen molar-refractivity contribution < 1.29 is 9.59 Å². The van der Waals surface area contributed by atoms with Gasteiger partial charge in [-0.25, -0.2) is 0 Å². The van der Waals surface area contributed by atoms with E-state index in [-0.39, 0.29) is 17.5 Å². The second-order valence-electron chi connectivity index (χ2n) is 3.51. The maximum atomic E-state index is 11.5. The predicted molar refractivity (Wildman–Crippen MR) is 51.3 cm³/mol. The molecular formula is C11H14O2. The van der Waals surface area contributed by atoms with E-state index >= 15 is 0 Å². The molecule has 0 fully saturated rings. The number of hydrogen-bond acceptors (Lipinski definition) is 2. The minimum atomic E-state index is -0.00852. The van der Waals surface area contributed by atoms with Crippen LogP contribution in [0.25, 0.3) is 0 Å². The molecule has 2 nitrogen and oxygen atoms in total. The highest BCUT2D eigenvalue weighted by atomic mass is 16.1. The van der Waals surface area contributed by atoms with Crippen LogP contribution in [0.2, 0.25) is 0 Å². The summed E-state index contributed by atoms with van der Waals surface area (Å²) in [7, 11) is 0. The number of carbonyl (C=O) groups excluding carboxylic acids is 2. The van der Waals surface area contributed by atoms with E-state index in [0.29, 0.717) is 17.6 Å². The number of allylic oxidation sites excluding steroid dienone is 4. The van der Waals surface area contributed by atoms with Gasteiger partial charge in [0.1, 0.15) is 0 Å². The third kappa shape index (κ3) is 1.94. The number of rotatable bonds is 2. The number of ketones is 2. The van der Waals surface area contributed by atoms with Crippen molar-refractivity contribution in [2.75, 3.05) is 0 Å². The van der Waals surface area contributed by atoms with E-state index in [2.05, 4.69) is 0 Å². The Balaban J connectivity index is 2.98. The fourth-order valence-electron chi connectivity index (χ4n) is 1.35. The first kappa shape index (κ1) is 9.90. The summed E-state index contributed by atoms with van der Waals surface area (Å²) < 4.78 is 0. The normalized spacial score (nSPS) is 17.5. The minimum absolute atomic E-state index is 0.00792. The van der Waals surface area contributed by atoms with Gasteiger partial charge in [-0.1, -0.05) is 20.8 Å². The highest BCUT2D eigenvalue weighted by Crippen LogP contribution is 2.19. The predicted octanol–water partition coefficient (Wildman–Crippen LogP) is 2.06. The van der Waals surface area contributed by atoms with Gasteiger partial charge in [-0.2, -0.15) is 0 Å². The molecule has 1 aliphatic carbocycles. The Morgan fingerprint density at radius 1 is 1.15 bits per heavy atom. The van der Waals surface area contributed by atoms with E-state index in [1.165, 1.54) is 12.2 Å². The lowest BCUT2D eigenvalue weighted by atomic mass is 9.89. The third-order valence-electron chi connectivity index (χ3n) is 2.20. The van der Waals surface area contributed by atoms with Crippen molar-refractivity contribution in [2.45, 2.75) is 27.2 Å². The summed E-state index contributed by atoms with van der Waals surface area (Å²) in [6.45, 7) is 5.72. The van der Waals surface area contributed by atoms with Crippen molar-refractivity contribution in [3.8, 4) is 0 Å². The maximum Gasteiger partial charge on any atom is 0.182 e. The molecule has 0 spiro atoms. The Labute approximate surface area is 78.3 Å². The summed E-state index contributed by atoms with van der Waals surface area (Å²) in [4.78, 5) is 22.8. The van der Waals surface area contributed by atoms with Gasteiger partial charge in [-0.15, -0.1) is 0 Å². The molecule has 0 aromatic carbocycles. The lowest BCUT2D eigenvalue weighted by Crippen LogP contribution is -2.16. The molecule has 0 aromatic rings. The molecule has 0 saturated heterocycles. The van der Waals surface area contributed by atoms with Gasteiger partial charge in [0, 0.05) is 11.1 Å². The Bertz CT molecular complexity index is 306. The van der Waals surface area contributed by atoms with Crippen LogP contribution in [-0.2, 0) is 9.59 Å². The molecule has 1 rings (SSSR count). The summed E-state index contributed by atoms with van der Waals surface area (Å²) in [6.07, 6.45) is 3.58. The van der Waals surface area contributed by atoms with Crippen molar-refractivity contribution >= 4 is 11.6 Å². The first-order valence-corrected chi connectivity index (χ1v) is 4.57. The quantitative estimate of drug-likeness (QED) is 0.606. The molecule has 70 valence electrons. The maximum absolute atomic E-state index is 11.5. The zero-order valence-electron chi connectivity index (χ0n) is 8.26. The van der Waals surface area contributed by atoms with E-state index in [0.717, 1.165) is 0 Å². The van der Waals surface area contributed by atoms with E-state index in [9.17, 15) is 9.59 Å². The van der Waals surface area contributed by atoms with Crippen LogP contribution >= 0.6 is 0 Å². The Kier molecular flexibility index (Phi) is 2.81. The fraction of sp³-hybridized carbons (Fsp3) is 0.455. The van der Waals surface area contributed by atoms with Crippen LogP contribution in [-0.4, -0.2) is 11.6 Å². The Hall–Kier alpha value is -1.18. The van der Waals surface area contributed by atoms with Gasteiger partial charge in [0.25, 0.3) is 0 Å². The van der Waals surface area contributed by atoms with Gasteiger partial charge < -0.3 is 0 Å². The smallest absolute Gasteiger partial charge is 0.182 e. The second kappa shape index (κ2) is 3.69. The van der Waals surface area contributed by atoms with Crippen molar-refractivity contribution in [1.29, 1.82) is 0 Å². The molecule has 2 heteroatoms.